The molecule has 19 heavy (non-hydrogen) atoms. The highest BCUT2D eigenvalue weighted by atomic mass is 19.4. The molecule has 0 fully saturated rings. The minimum Gasteiger partial charge on any atom is -0.479 e. The highest BCUT2D eigenvalue weighted by Crippen LogP contribution is 2.26. The second kappa shape index (κ2) is 5.17. The van der Waals surface area contributed by atoms with Crippen molar-refractivity contribution in [3.05, 3.63) is 29.8 Å². The molecule has 0 radical (unpaired) electrons. The first-order valence-electron chi connectivity index (χ1n) is 5.00. The maximum Gasteiger partial charge on any atom is 0.573 e. The second-order valence-corrected chi connectivity index (χ2v) is 3.76. The van der Waals surface area contributed by atoms with Gasteiger partial charge in [-0.3, -0.25) is 4.79 Å². The molecule has 0 heterocycles. The van der Waals surface area contributed by atoms with E-state index in [9.17, 15) is 22.8 Å². The van der Waals surface area contributed by atoms with E-state index in [-0.39, 0.29) is 12.0 Å². The van der Waals surface area contributed by atoms with Crippen molar-refractivity contribution in [2.45, 2.75) is 18.8 Å². The number of amides is 1. The van der Waals surface area contributed by atoms with Crippen LogP contribution in [-0.4, -0.2) is 23.8 Å². The Labute approximate surface area is 106 Å². The molecule has 0 aromatic heterocycles. The number of benzene rings is 1. The number of carbonyl (C=O) groups excluding carboxylic acids is 1. The van der Waals surface area contributed by atoms with Crippen LogP contribution >= 0.6 is 0 Å². The van der Waals surface area contributed by atoms with E-state index in [0.29, 0.717) is 0 Å². The molecule has 0 bridgehead atoms. The van der Waals surface area contributed by atoms with E-state index in [1.54, 1.807) is 0 Å². The van der Waals surface area contributed by atoms with Crippen LogP contribution < -0.4 is 10.1 Å². The summed E-state index contributed by atoms with van der Waals surface area (Å²) in [5, 5.41) is 11.1. The maximum absolute atomic E-state index is 11.9. The Morgan fingerprint density at radius 2 is 1.84 bits per heavy atom. The minimum absolute atomic E-state index is 0.113. The van der Waals surface area contributed by atoms with Gasteiger partial charge in [0.15, 0.2) is 5.54 Å². The molecule has 2 N–H and O–H groups in total. The van der Waals surface area contributed by atoms with Gasteiger partial charge in [-0.05, 0) is 24.6 Å². The largest absolute Gasteiger partial charge is 0.573 e. The van der Waals surface area contributed by atoms with Crippen LogP contribution in [0, 0.1) is 0 Å². The standard InChI is InChI=1S/C11H10F3NO4/c1-10(9(17)18,15-6-16)7-2-4-8(5-3-7)19-11(12,13)14/h2-6H,1H3,(H,15,16)(H,17,18). The number of halogens is 3. The fourth-order valence-electron chi connectivity index (χ4n) is 1.38. The average Bonchev–Trinajstić information content (AvgIpc) is 2.27. The van der Waals surface area contributed by atoms with Crippen LogP contribution in [0.5, 0.6) is 5.75 Å². The van der Waals surface area contributed by atoms with Crippen molar-refractivity contribution in [3.8, 4) is 5.75 Å². The molecular weight excluding hydrogens is 267 g/mol. The number of alkyl halides is 3. The topological polar surface area (TPSA) is 75.6 Å². The molecular formula is C11H10F3NO4. The summed E-state index contributed by atoms with van der Waals surface area (Å²) in [5.74, 6) is -1.82. The molecule has 0 aliphatic rings. The summed E-state index contributed by atoms with van der Waals surface area (Å²) in [6.45, 7) is 1.21. The first kappa shape index (κ1) is 14.8. The Morgan fingerprint density at radius 3 is 2.21 bits per heavy atom. The van der Waals surface area contributed by atoms with Crippen molar-refractivity contribution < 1.29 is 32.6 Å². The molecule has 1 rings (SSSR count). The third-order valence-electron chi connectivity index (χ3n) is 2.44. The molecule has 0 saturated carbocycles. The zero-order chi connectivity index (χ0) is 14.7. The van der Waals surface area contributed by atoms with Crippen LogP contribution in [0.15, 0.2) is 24.3 Å². The van der Waals surface area contributed by atoms with Gasteiger partial charge >= 0.3 is 12.3 Å². The van der Waals surface area contributed by atoms with Crippen molar-refractivity contribution in [2.24, 2.45) is 0 Å². The number of ether oxygens (including phenoxy) is 1. The number of carboxylic acid groups (broad SMARTS) is 1. The number of nitrogens with one attached hydrogen (secondary N) is 1. The van der Waals surface area contributed by atoms with Crippen molar-refractivity contribution in [3.63, 3.8) is 0 Å². The van der Waals surface area contributed by atoms with Gasteiger partial charge in [0.1, 0.15) is 5.75 Å². The SMILES string of the molecule is CC(NC=O)(C(=O)O)c1ccc(OC(F)(F)F)cc1. The smallest absolute Gasteiger partial charge is 0.479 e. The zero-order valence-electron chi connectivity index (χ0n) is 9.69. The van der Waals surface area contributed by atoms with Crippen LogP contribution in [0.1, 0.15) is 12.5 Å². The lowest BCUT2D eigenvalue weighted by atomic mass is 9.92. The van der Waals surface area contributed by atoms with E-state index in [4.69, 9.17) is 5.11 Å². The summed E-state index contributed by atoms with van der Waals surface area (Å²) < 4.78 is 39.5. The maximum atomic E-state index is 11.9. The van der Waals surface area contributed by atoms with Crippen LogP contribution in [0.2, 0.25) is 0 Å². The summed E-state index contributed by atoms with van der Waals surface area (Å²) >= 11 is 0. The molecule has 1 atom stereocenters. The van der Waals surface area contributed by atoms with Crippen LogP contribution in [0.4, 0.5) is 13.2 Å². The fourth-order valence-corrected chi connectivity index (χ4v) is 1.38. The second-order valence-electron chi connectivity index (χ2n) is 3.76. The lowest BCUT2D eigenvalue weighted by Crippen LogP contribution is -2.45. The summed E-state index contributed by atoms with van der Waals surface area (Å²) in [6.07, 6.45) is -4.62. The van der Waals surface area contributed by atoms with Crippen LogP contribution in [0.3, 0.4) is 0 Å². The van der Waals surface area contributed by atoms with Gasteiger partial charge in [0.05, 0.1) is 0 Å². The van der Waals surface area contributed by atoms with Crippen molar-refractivity contribution in [2.75, 3.05) is 0 Å². The first-order chi connectivity index (χ1) is 8.69. The molecule has 0 spiro atoms. The lowest BCUT2D eigenvalue weighted by Gasteiger charge is -2.24. The Kier molecular flexibility index (Phi) is 4.03. The van der Waals surface area contributed by atoms with E-state index in [1.807, 2.05) is 0 Å². The highest BCUT2D eigenvalue weighted by Gasteiger charge is 2.35. The number of carboxylic acids is 1. The van der Waals surface area contributed by atoms with E-state index < -0.39 is 23.6 Å². The predicted molar refractivity (Wildman–Crippen MR) is 57.3 cm³/mol. The van der Waals surface area contributed by atoms with Crippen molar-refractivity contribution in [1.82, 2.24) is 5.32 Å². The number of hydrogen-bond acceptors (Lipinski definition) is 3. The lowest BCUT2D eigenvalue weighted by molar-refractivity contribution is -0.274. The van der Waals surface area contributed by atoms with E-state index in [2.05, 4.69) is 10.1 Å². The molecule has 104 valence electrons. The van der Waals surface area contributed by atoms with Crippen molar-refractivity contribution in [1.29, 1.82) is 0 Å². The molecule has 0 saturated heterocycles. The van der Waals surface area contributed by atoms with E-state index in [1.165, 1.54) is 6.92 Å². The summed E-state index contributed by atoms with van der Waals surface area (Å²) in [7, 11) is 0. The molecule has 5 nitrogen and oxygen atoms in total. The summed E-state index contributed by atoms with van der Waals surface area (Å²) in [6, 6.07) is 4.20. The van der Waals surface area contributed by atoms with Crippen molar-refractivity contribution >= 4 is 12.4 Å². The third kappa shape index (κ3) is 3.60. The quantitative estimate of drug-likeness (QED) is 0.802. The molecule has 8 heteroatoms. The van der Waals surface area contributed by atoms with Crippen LogP contribution in [-0.2, 0) is 15.1 Å². The Balaban J connectivity index is 3.03. The monoisotopic (exact) mass is 277 g/mol. The number of rotatable bonds is 5. The zero-order valence-corrected chi connectivity index (χ0v) is 9.69. The van der Waals surface area contributed by atoms with Gasteiger partial charge < -0.3 is 15.2 Å². The molecule has 1 amide bonds. The fraction of sp³-hybridized carbons (Fsp3) is 0.273. The van der Waals surface area contributed by atoms with Gasteiger partial charge in [-0.25, -0.2) is 4.79 Å². The Bertz CT molecular complexity index is 472. The molecule has 0 aliphatic heterocycles. The van der Waals surface area contributed by atoms with Gasteiger partial charge in [0, 0.05) is 0 Å². The number of aliphatic carboxylic acids is 1. The third-order valence-corrected chi connectivity index (χ3v) is 2.44. The van der Waals surface area contributed by atoms with Gasteiger partial charge in [-0.15, -0.1) is 13.2 Å². The molecule has 1 aromatic rings. The van der Waals surface area contributed by atoms with Gasteiger partial charge in [0.2, 0.25) is 6.41 Å². The van der Waals surface area contributed by atoms with E-state index >= 15 is 0 Å². The molecule has 0 aliphatic carbocycles. The van der Waals surface area contributed by atoms with Gasteiger partial charge in [0.25, 0.3) is 0 Å². The Morgan fingerprint density at radius 1 is 1.32 bits per heavy atom. The normalized spacial score (nSPS) is 14.3. The number of carbonyl (C=O) groups is 2. The average molecular weight is 277 g/mol. The van der Waals surface area contributed by atoms with Gasteiger partial charge in [-0.1, -0.05) is 12.1 Å². The van der Waals surface area contributed by atoms with Gasteiger partial charge in [-0.2, -0.15) is 0 Å². The highest BCUT2D eigenvalue weighted by molar-refractivity contribution is 5.82. The first-order valence-corrected chi connectivity index (χ1v) is 5.00. The predicted octanol–water partition coefficient (Wildman–Crippen LogP) is 1.63. The molecule has 1 unspecified atom stereocenters. The van der Waals surface area contributed by atoms with Crippen LogP contribution in [0.25, 0.3) is 0 Å². The number of hydrogen-bond donors (Lipinski definition) is 2. The Hall–Kier alpha value is -2.25. The minimum atomic E-state index is -4.82. The molecule has 1 aromatic carbocycles. The van der Waals surface area contributed by atoms with E-state index in [0.717, 1.165) is 24.3 Å². The summed E-state index contributed by atoms with van der Waals surface area (Å²) in [5.41, 5.74) is -1.61. The summed E-state index contributed by atoms with van der Waals surface area (Å²) in [4.78, 5) is 21.5.